The third-order valence-corrected chi connectivity index (χ3v) is 0. The van der Waals surface area contributed by atoms with Gasteiger partial charge in [0.15, 0.2) is 0 Å². The van der Waals surface area contributed by atoms with E-state index < -0.39 is 0 Å². The summed E-state index contributed by atoms with van der Waals surface area (Å²) in [6.07, 6.45) is 0. The predicted molar refractivity (Wildman–Crippen MR) is 158 cm³/mol. The Morgan fingerprint density at radius 1 is 0.250 bits per heavy atom. The molecule has 0 atom stereocenters. The summed E-state index contributed by atoms with van der Waals surface area (Å²) < 4.78 is 0. The Balaban J connectivity index is -0.000000000280. The van der Waals surface area contributed by atoms with E-state index in [4.69, 9.17) is 0 Å². The third-order valence-electron chi connectivity index (χ3n) is 0. The van der Waals surface area contributed by atoms with Crippen LogP contribution in [0, 0.1) is 84.9 Å². The molecule has 0 aliphatic carbocycles. The molecule has 0 saturated carbocycles. The quantitative estimate of drug-likeness (QED) is 0.179. The Labute approximate surface area is 253 Å². The minimum absolute atomic E-state index is 0. The van der Waals surface area contributed by atoms with Gasteiger partial charge >= 0.3 is 34.1 Å². The van der Waals surface area contributed by atoms with E-state index in [-0.39, 0.29) is 201 Å². The van der Waals surface area contributed by atoms with Crippen LogP contribution in [-0.4, -0.2) is 0 Å². The van der Waals surface area contributed by atoms with Crippen molar-refractivity contribution < 1.29 is 74.5 Å². The van der Waals surface area contributed by atoms with Crippen molar-refractivity contribution in [1.82, 2.24) is 0 Å². The van der Waals surface area contributed by atoms with Crippen molar-refractivity contribution in [3.63, 3.8) is 0 Å². The fourth-order valence-corrected chi connectivity index (χ4v) is 0. The summed E-state index contributed by atoms with van der Waals surface area (Å²) in [5.41, 5.74) is 0. The molecule has 1 radical (unpaired) electrons. The molecular weight excluding hydrogens is 572 g/mol. The van der Waals surface area contributed by atoms with Crippen LogP contribution in [0.4, 0.5) is 0 Å². The first-order valence-corrected chi connectivity index (χ1v) is 4.00. The van der Waals surface area contributed by atoms with Gasteiger partial charge in [-0.25, -0.2) is 0 Å². The molecule has 0 fully saturated rings. The molecule has 3 heteroatoms. The maximum absolute atomic E-state index is 2.00. The zero-order valence-electron chi connectivity index (χ0n) is 15.1. The Morgan fingerprint density at radius 2 is 0.250 bits per heavy atom. The van der Waals surface area contributed by atoms with Crippen molar-refractivity contribution >= 4 is 0 Å². The van der Waals surface area contributed by atoms with Gasteiger partial charge < -0.3 is 14.9 Å². The van der Waals surface area contributed by atoms with E-state index in [0.29, 0.717) is 0 Å². The summed E-state index contributed by atoms with van der Waals surface area (Å²) in [5.74, 6) is 0. The largest absolute Gasteiger partial charge is 1.00 e. The van der Waals surface area contributed by atoms with Crippen LogP contribution in [0.3, 0.4) is 0 Å². The van der Waals surface area contributed by atoms with Gasteiger partial charge in [-0.3, -0.25) is 0 Å². The summed E-state index contributed by atoms with van der Waals surface area (Å²) in [6.45, 7) is 16.0. The van der Waals surface area contributed by atoms with Crippen LogP contribution in [0.25, 0.3) is 0 Å². The molecule has 0 aromatic rings. The van der Waals surface area contributed by atoms with Crippen LogP contribution in [0.5, 0.6) is 0 Å². The molecule has 0 aliphatic rings. The molecule has 0 unspecified atom stereocenters. The van der Waals surface area contributed by atoms with Crippen molar-refractivity contribution in [2.45, 2.75) is 137 Å². The van der Waals surface area contributed by atoms with Crippen molar-refractivity contribution in [2.24, 2.45) is 0 Å². The van der Waals surface area contributed by atoms with E-state index in [9.17, 15) is 0 Å². The second kappa shape index (κ2) is 6500. The summed E-state index contributed by atoms with van der Waals surface area (Å²) in [5, 5.41) is 0. The topological polar surface area (TPSA) is 0 Å². The molecular formula is C25H86Cu2Pm+4. The normalized spacial score (nSPS) is 0.857. The monoisotopic (exact) mass is 657 g/mol. The smallest absolute Gasteiger partial charge is 0.358 e. The van der Waals surface area contributed by atoms with Crippen LogP contribution in [0.1, 0.15) is 137 Å². The van der Waals surface area contributed by atoms with Gasteiger partial charge in [-0.2, -0.15) is 0 Å². The van der Waals surface area contributed by atoms with Crippen molar-refractivity contribution in [1.29, 1.82) is 0 Å². The number of hydrogen-bond acceptors (Lipinski definition) is 0. The van der Waals surface area contributed by atoms with Gasteiger partial charge in [-0.05, 0) is 0 Å². The van der Waals surface area contributed by atoms with Crippen LogP contribution in [-0.2, 0) is 34.1 Å². The van der Waals surface area contributed by atoms with E-state index >= 15 is 0 Å². The predicted octanol–water partition coefficient (Wildman–Crippen LogP) is 13.8. The van der Waals surface area contributed by atoms with Gasteiger partial charge in [-0.1, -0.05) is 137 Å². The van der Waals surface area contributed by atoms with Gasteiger partial charge in [0.25, 0.3) is 0 Å². The van der Waals surface area contributed by atoms with E-state index in [0.717, 1.165) is 0 Å². The molecule has 0 amide bonds. The molecule has 0 spiro atoms. The Kier molecular flexibility index (Phi) is 168000. The molecule has 0 heterocycles. The summed E-state index contributed by atoms with van der Waals surface area (Å²) >= 11 is 0. The van der Waals surface area contributed by atoms with Gasteiger partial charge in [-0.15, -0.1) is 0 Å². The molecule has 0 saturated heterocycles. The molecule has 0 aliphatic heterocycles. The SMILES string of the molecule is C.C.C.C.C.C.C.C.C.C.C.CC.CC.CC.CC.[CH3+].[CH3+].[CH3+].[CH3+].[CH3-].[CH3-].[Cu+].[Cu+].[Pm]. The standard InChI is InChI=1S/4C2H6.11CH4.6CH3.2Cu.Pm/c4*1-2;;;;;;;;;;;;;;;;;;;;/h4*1-2H3;11*1H4;6*1H3;;;/q;;;;;;;;;;;;;;;2*-1;6*+1;. The first-order valence-electron chi connectivity index (χ1n) is 4.00. The zero-order valence-corrected chi connectivity index (χ0v) is 19.8. The Morgan fingerprint density at radius 3 is 0.250 bits per heavy atom. The van der Waals surface area contributed by atoms with E-state index in [2.05, 4.69) is 0 Å². The average molecular weight is 659 g/mol. The summed E-state index contributed by atoms with van der Waals surface area (Å²) in [6, 6.07) is 0. The van der Waals surface area contributed by atoms with Gasteiger partial charge in [0.2, 0.25) is 0 Å². The molecule has 209 valence electrons. The first kappa shape index (κ1) is 725. The minimum Gasteiger partial charge on any atom is -0.358 e. The molecule has 0 aromatic carbocycles. The van der Waals surface area contributed by atoms with E-state index in [1.165, 1.54) is 0 Å². The minimum atomic E-state index is 0. The van der Waals surface area contributed by atoms with Crippen molar-refractivity contribution in [3.05, 3.63) is 44.6 Å². The van der Waals surface area contributed by atoms with Crippen LogP contribution in [0.15, 0.2) is 0 Å². The maximum Gasteiger partial charge on any atom is 1.00 e. The van der Waals surface area contributed by atoms with Gasteiger partial charge in [0, 0.05) is 70.1 Å². The molecule has 0 aromatic heterocycles. The Bertz CT molecular complexity index is 16.5. The van der Waals surface area contributed by atoms with Crippen LogP contribution in [0.2, 0.25) is 0 Å². The van der Waals surface area contributed by atoms with E-state index in [1.54, 1.807) is 0 Å². The van der Waals surface area contributed by atoms with Crippen LogP contribution >= 0.6 is 0 Å². The fourth-order valence-electron chi connectivity index (χ4n) is 0. The van der Waals surface area contributed by atoms with Crippen LogP contribution < -0.4 is 0 Å². The summed E-state index contributed by atoms with van der Waals surface area (Å²) in [7, 11) is 0. The maximum atomic E-state index is 2.00. The fraction of sp³-hybridized carbons (Fsp3) is 0.760. The molecule has 0 nitrogen and oxygen atoms in total. The molecule has 28 heavy (non-hydrogen) atoms. The average Bonchev–Trinajstić information content (AvgIpc) is 2.03. The zero-order chi connectivity index (χ0) is 8.00. The first-order chi connectivity index (χ1) is 4.00. The molecule has 0 N–H and O–H groups in total. The van der Waals surface area contributed by atoms with Crippen molar-refractivity contribution in [2.75, 3.05) is 0 Å². The Hall–Kier alpha value is 1.86. The van der Waals surface area contributed by atoms with Crippen molar-refractivity contribution in [3.8, 4) is 0 Å². The number of rotatable bonds is 0. The second-order valence-corrected chi connectivity index (χ2v) is 0. The van der Waals surface area contributed by atoms with E-state index in [1.807, 2.05) is 55.4 Å². The molecule has 0 bridgehead atoms. The third kappa shape index (κ3) is 5830. The van der Waals surface area contributed by atoms with Gasteiger partial charge in [0.05, 0.1) is 0 Å². The van der Waals surface area contributed by atoms with Gasteiger partial charge in [0.1, 0.15) is 0 Å². The second-order valence-electron chi connectivity index (χ2n) is 0. The molecule has 0 rings (SSSR count). The number of hydrogen-bond donors (Lipinski definition) is 0. The summed E-state index contributed by atoms with van der Waals surface area (Å²) in [4.78, 5) is 0.